The Balaban J connectivity index is 0.000000394. The number of carboxylic acids is 1. The minimum absolute atomic E-state index is 0.0169. The summed E-state index contributed by atoms with van der Waals surface area (Å²) in [6.07, 6.45) is 7.44. The number of carboxylic acid groups (broad SMARTS) is 1. The van der Waals surface area contributed by atoms with Gasteiger partial charge in [0.2, 0.25) is 23.5 Å². The molecule has 0 radical (unpaired) electrons. The van der Waals surface area contributed by atoms with E-state index in [2.05, 4.69) is 34.4 Å². The molecular weight excluding hydrogens is 877 g/mol. The molecule has 23 heteroatoms. The van der Waals surface area contributed by atoms with Gasteiger partial charge in [0, 0.05) is 60.8 Å². The molecule has 0 fully saturated rings. The summed E-state index contributed by atoms with van der Waals surface area (Å²) in [6, 6.07) is 7.51. The van der Waals surface area contributed by atoms with Crippen LogP contribution in [0.4, 0.5) is 0 Å². The zero-order valence-electron chi connectivity index (χ0n) is 35.7. The first-order chi connectivity index (χ1) is 30.2. The molecule has 63 heavy (non-hydrogen) atoms. The summed E-state index contributed by atoms with van der Waals surface area (Å²) in [5.41, 5.74) is 1.57. The van der Waals surface area contributed by atoms with Crippen LogP contribution in [0.25, 0.3) is 0 Å². The SMILES string of the molecule is COC(=O)c1cnc(Cl)cc1Cl.COC(=O)c1cnc(OC)cc1OC.COc1cc(OC)c(C(=O)O)cn1.COc1cc(OC)c(C=O)cn1.COc1cc(OC)c(CO)cn1. The van der Waals surface area contributed by atoms with Crippen LogP contribution in [0.1, 0.15) is 47.0 Å². The highest BCUT2D eigenvalue weighted by atomic mass is 35.5. The highest BCUT2D eigenvalue weighted by Crippen LogP contribution is 2.24. The number of carbonyl (C=O) groups is 4. The summed E-state index contributed by atoms with van der Waals surface area (Å²) >= 11 is 11.2. The van der Waals surface area contributed by atoms with E-state index in [-0.39, 0.29) is 39.2 Å². The number of aliphatic hydroxyl groups excluding tert-OH is 1. The number of rotatable bonds is 13. The number of nitrogens with zero attached hydrogens (tertiary/aromatic N) is 5. The Kier molecular flexibility index (Phi) is 24.8. The minimum atomic E-state index is -1.08. The lowest BCUT2D eigenvalue weighted by Crippen LogP contribution is -2.05. The van der Waals surface area contributed by atoms with Crippen molar-refractivity contribution in [3.8, 4) is 46.5 Å². The number of methoxy groups -OCH3 is 10. The first-order valence-corrected chi connectivity index (χ1v) is 18.0. The predicted molar refractivity (Wildman–Crippen MR) is 225 cm³/mol. The lowest BCUT2D eigenvalue weighted by molar-refractivity contribution is 0.0589. The Bertz CT molecular complexity index is 2250. The molecule has 0 saturated heterocycles. The van der Waals surface area contributed by atoms with Gasteiger partial charge in [-0.15, -0.1) is 0 Å². The van der Waals surface area contributed by atoms with Gasteiger partial charge in [0.15, 0.2) is 6.29 Å². The third kappa shape index (κ3) is 17.3. The number of hydrogen-bond donors (Lipinski definition) is 2. The van der Waals surface area contributed by atoms with Crippen molar-refractivity contribution in [1.29, 1.82) is 0 Å². The van der Waals surface area contributed by atoms with Gasteiger partial charge in [0.05, 0.1) is 93.9 Å². The molecule has 0 spiro atoms. The Morgan fingerprint density at radius 1 is 0.524 bits per heavy atom. The van der Waals surface area contributed by atoms with Crippen LogP contribution in [0.3, 0.4) is 0 Å². The van der Waals surface area contributed by atoms with Crippen molar-refractivity contribution >= 4 is 47.4 Å². The van der Waals surface area contributed by atoms with Crippen molar-refractivity contribution in [1.82, 2.24) is 24.9 Å². The van der Waals surface area contributed by atoms with Crippen LogP contribution < -0.4 is 37.9 Å². The van der Waals surface area contributed by atoms with E-state index in [4.69, 9.17) is 71.3 Å². The molecule has 5 aromatic heterocycles. The van der Waals surface area contributed by atoms with E-state index < -0.39 is 17.9 Å². The normalized spacial score (nSPS) is 9.41. The lowest BCUT2D eigenvalue weighted by atomic mass is 10.2. The largest absolute Gasteiger partial charge is 0.496 e. The van der Waals surface area contributed by atoms with Crippen molar-refractivity contribution in [3.05, 3.63) is 99.3 Å². The van der Waals surface area contributed by atoms with Crippen molar-refractivity contribution in [2.24, 2.45) is 0 Å². The smallest absolute Gasteiger partial charge is 0.343 e. The fourth-order valence-corrected chi connectivity index (χ4v) is 4.61. The van der Waals surface area contributed by atoms with Gasteiger partial charge < -0.3 is 57.6 Å². The monoisotopic (exact) mass is 921 g/mol. The molecule has 0 aliphatic rings. The van der Waals surface area contributed by atoms with Crippen molar-refractivity contribution in [2.75, 3.05) is 71.1 Å². The maximum Gasteiger partial charge on any atom is 0.343 e. The van der Waals surface area contributed by atoms with Gasteiger partial charge in [0.25, 0.3) is 0 Å². The Hall–Kier alpha value is -7.23. The minimum Gasteiger partial charge on any atom is -0.496 e. The number of esters is 2. The molecule has 5 aromatic rings. The second kappa shape index (κ2) is 29.1. The highest BCUT2D eigenvalue weighted by Gasteiger charge is 2.15. The highest BCUT2D eigenvalue weighted by molar-refractivity contribution is 6.36. The fourth-order valence-electron chi connectivity index (χ4n) is 4.16. The fraction of sp³-hybridized carbons (Fsp3) is 0.275. The van der Waals surface area contributed by atoms with Gasteiger partial charge >= 0.3 is 17.9 Å². The third-order valence-corrected chi connectivity index (χ3v) is 7.86. The van der Waals surface area contributed by atoms with E-state index in [1.54, 1.807) is 12.1 Å². The molecule has 0 aliphatic carbocycles. The molecule has 0 bridgehead atoms. The quantitative estimate of drug-likeness (QED) is 0.0855. The van der Waals surface area contributed by atoms with Crippen LogP contribution in [0.15, 0.2) is 61.3 Å². The molecule has 340 valence electrons. The van der Waals surface area contributed by atoms with Gasteiger partial charge in [-0.2, -0.15) is 0 Å². The van der Waals surface area contributed by atoms with E-state index in [1.165, 1.54) is 120 Å². The number of carbonyl (C=O) groups excluding carboxylic acids is 3. The summed E-state index contributed by atoms with van der Waals surface area (Å²) in [7, 11) is 14.4. The van der Waals surface area contributed by atoms with Crippen LogP contribution in [-0.4, -0.2) is 130 Å². The molecule has 21 nitrogen and oxygen atoms in total. The van der Waals surface area contributed by atoms with E-state index >= 15 is 0 Å². The number of hydrogen-bond acceptors (Lipinski definition) is 20. The van der Waals surface area contributed by atoms with E-state index in [0.29, 0.717) is 58.2 Å². The van der Waals surface area contributed by atoms with Crippen molar-refractivity contribution < 1.29 is 76.8 Å². The van der Waals surface area contributed by atoms with E-state index in [0.717, 1.165) is 0 Å². The van der Waals surface area contributed by atoms with E-state index in [9.17, 15) is 19.2 Å². The Labute approximate surface area is 371 Å². The van der Waals surface area contributed by atoms with Gasteiger partial charge in [-0.1, -0.05) is 23.2 Å². The summed E-state index contributed by atoms with van der Waals surface area (Å²) in [4.78, 5) is 62.3. The first kappa shape index (κ1) is 53.8. The van der Waals surface area contributed by atoms with Crippen LogP contribution in [0.2, 0.25) is 10.2 Å². The van der Waals surface area contributed by atoms with Gasteiger partial charge in [-0.25, -0.2) is 39.3 Å². The summed E-state index contributed by atoms with van der Waals surface area (Å²) in [5.74, 6) is 1.19. The molecule has 2 N–H and O–H groups in total. The molecule has 0 amide bonds. The number of pyridine rings is 5. The molecule has 0 saturated carbocycles. The first-order valence-electron chi connectivity index (χ1n) is 17.3. The molecule has 0 aromatic carbocycles. The second-order valence-corrected chi connectivity index (χ2v) is 11.7. The maximum atomic E-state index is 11.2. The Morgan fingerprint density at radius 3 is 1.33 bits per heavy atom. The van der Waals surface area contributed by atoms with Gasteiger partial charge in [0.1, 0.15) is 39.3 Å². The molecule has 5 heterocycles. The summed E-state index contributed by atoms with van der Waals surface area (Å²) < 4.78 is 48.2. The molecular formula is C40H45Cl2N5O16. The van der Waals surface area contributed by atoms with Gasteiger partial charge in [-0.05, 0) is 6.07 Å². The molecule has 0 aliphatic heterocycles. The standard InChI is InChI=1S/C9H11NO4.C8H9NO4.C8H11NO3.C8H9NO3.C7H5Cl2NO2/c1-12-7-4-8(13-2)10-5-6(7)9(11)14-3;1-12-6-3-7(13-2)9-4-5(6)8(10)11;2*1-11-7-3-8(12-2)9-4-6(7)5-10;1-12-7(11)4-3-10-6(9)2-5(4)8/h4-5H,1-3H3;3-4H,1-2H3,(H,10,11);3-4,10H,5H2,1-2H3;3-5H,1-2H3;2-3H,1H3. The van der Waals surface area contributed by atoms with Crippen LogP contribution in [0.5, 0.6) is 46.5 Å². The third-order valence-electron chi connectivity index (χ3n) is 7.35. The number of aldehydes is 1. The molecule has 5 rings (SSSR count). The van der Waals surface area contributed by atoms with Crippen molar-refractivity contribution in [3.63, 3.8) is 0 Å². The van der Waals surface area contributed by atoms with E-state index in [1.807, 2.05) is 0 Å². The summed E-state index contributed by atoms with van der Waals surface area (Å²) in [6.45, 7) is -0.0832. The number of aromatic nitrogens is 5. The van der Waals surface area contributed by atoms with Gasteiger partial charge in [-0.3, -0.25) is 4.79 Å². The van der Waals surface area contributed by atoms with Crippen LogP contribution in [-0.2, 0) is 16.1 Å². The Morgan fingerprint density at radius 2 is 0.921 bits per heavy atom. The number of aromatic carboxylic acids is 1. The molecule has 0 unspecified atom stereocenters. The second-order valence-electron chi connectivity index (χ2n) is 10.9. The zero-order valence-corrected chi connectivity index (χ0v) is 37.2. The van der Waals surface area contributed by atoms with Crippen LogP contribution >= 0.6 is 23.2 Å². The van der Waals surface area contributed by atoms with Crippen LogP contribution in [0, 0.1) is 0 Å². The average molecular weight is 923 g/mol. The zero-order chi connectivity index (χ0) is 47.5. The topological polar surface area (TPSA) is 265 Å². The van der Waals surface area contributed by atoms with Crippen molar-refractivity contribution in [2.45, 2.75) is 6.61 Å². The predicted octanol–water partition coefficient (Wildman–Crippen LogP) is 5.36. The average Bonchev–Trinajstić information content (AvgIpc) is 3.33. The molecule has 0 atom stereocenters. The maximum absolute atomic E-state index is 11.2. The lowest BCUT2D eigenvalue weighted by Gasteiger charge is -2.07. The number of ether oxygens (including phenoxy) is 10. The summed E-state index contributed by atoms with van der Waals surface area (Å²) in [5, 5.41) is 18.0. The number of aliphatic hydroxyl groups is 1. The number of halogens is 2.